The third kappa shape index (κ3) is 1.48. The molecule has 0 bridgehead atoms. The van der Waals surface area contributed by atoms with Crippen molar-refractivity contribution in [2.75, 3.05) is 0 Å². The molecule has 1 aromatic heterocycles. The average molecular weight is 126 g/mol. The predicted molar refractivity (Wildman–Crippen MR) is 26.9 cm³/mol. The Hall–Kier alpha value is -1.46. The highest BCUT2D eigenvalue weighted by atomic mass is 16.4. The molecule has 0 saturated carbocycles. The van der Waals surface area contributed by atoms with E-state index in [4.69, 9.17) is 5.21 Å². The van der Waals surface area contributed by atoms with Gasteiger partial charge in [0.15, 0.2) is 0 Å². The normalized spacial score (nSPS) is 10.7. The van der Waals surface area contributed by atoms with Crippen molar-refractivity contribution < 1.29 is 5.21 Å². The van der Waals surface area contributed by atoms with Crippen LogP contribution >= 0.6 is 0 Å². The highest BCUT2D eigenvalue weighted by Crippen LogP contribution is 1.70. The second-order valence-corrected chi connectivity index (χ2v) is 1.26. The molecule has 0 unspecified atom stereocenters. The molecule has 0 aliphatic rings. The van der Waals surface area contributed by atoms with E-state index in [2.05, 4.69) is 27.0 Å². The molecule has 47 valence electrons. The van der Waals surface area contributed by atoms with Gasteiger partial charge in [-0.25, -0.2) is 4.68 Å². The van der Waals surface area contributed by atoms with E-state index in [9.17, 15) is 0 Å². The largest absolute Gasteiger partial charge is 0.411 e. The first kappa shape index (κ1) is 5.67. The molecule has 1 rings (SSSR count). The number of rotatable bonds is 2. The second-order valence-electron chi connectivity index (χ2n) is 1.26. The summed E-state index contributed by atoms with van der Waals surface area (Å²) in [6.45, 7) is 0.337. The summed E-state index contributed by atoms with van der Waals surface area (Å²) in [6.07, 6.45) is 3.67. The maximum absolute atomic E-state index is 7.94. The fourth-order valence-corrected chi connectivity index (χ4v) is 0.351. The van der Waals surface area contributed by atoms with Crippen LogP contribution in [-0.4, -0.2) is 31.6 Å². The summed E-state index contributed by atoms with van der Waals surface area (Å²) in [5.41, 5.74) is 0. The first-order valence-electron chi connectivity index (χ1n) is 2.23. The van der Waals surface area contributed by atoms with Gasteiger partial charge >= 0.3 is 0 Å². The predicted octanol–water partition coefficient (Wildman–Crippen LogP) is -1.07. The van der Waals surface area contributed by atoms with Crippen molar-refractivity contribution in [1.82, 2.24) is 20.2 Å². The molecule has 6 heteroatoms. The Morgan fingerprint density at radius 2 is 2.67 bits per heavy atom. The number of hydrogen-bond donors (Lipinski definition) is 1. The van der Waals surface area contributed by atoms with Crippen LogP contribution in [0.3, 0.4) is 0 Å². The van der Waals surface area contributed by atoms with Gasteiger partial charge in [-0.3, -0.25) is 0 Å². The molecule has 1 heterocycles. The number of hydrogen-bond acceptors (Lipinski definition) is 5. The van der Waals surface area contributed by atoms with Crippen LogP contribution in [-0.2, 0) is 6.54 Å². The third-order valence-electron chi connectivity index (χ3n) is 0.689. The van der Waals surface area contributed by atoms with E-state index in [1.165, 1.54) is 10.9 Å². The second kappa shape index (κ2) is 2.75. The zero-order valence-corrected chi connectivity index (χ0v) is 4.47. The van der Waals surface area contributed by atoms with Gasteiger partial charge in [-0.1, -0.05) is 0 Å². The molecule has 0 spiro atoms. The third-order valence-corrected chi connectivity index (χ3v) is 0.689. The Labute approximate surface area is 50.8 Å². The average Bonchev–Trinajstić information content (AvgIpc) is 2.34. The molecule has 6 nitrogen and oxygen atoms in total. The molecule has 1 radical (unpaired) electrons. The van der Waals surface area contributed by atoms with Crippen molar-refractivity contribution >= 4 is 6.21 Å². The van der Waals surface area contributed by atoms with Crippen molar-refractivity contribution in [3.8, 4) is 0 Å². The summed E-state index contributed by atoms with van der Waals surface area (Å²) in [6, 6.07) is 0. The molecule has 1 aromatic rings. The van der Waals surface area contributed by atoms with Gasteiger partial charge in [0.2, 0.25) is 6.33 Å². The van der Waals surface area contributed by atoms with E-state index in [-0.39, 0.29) is 0 Å². The number of nitrogens with zero attached hydrogens (tertiary/aromatic N) is 5. The monoisotopic (exact) mass is 126 g/mol. The Morgan fingerprint density at radius 1 is 1.78 bits per heavy atom. The SMILES string of the molecule is ON=CCn1[c]nnn1. The van der Waals surface area contributed by atoms with Crippen LogP contribution in [0.25, 0.3) is 0 Å². The highest BCUT2D eigenvalue weighted by Gasteiger charge is 1.86. The summed E-state index contributed by atoms with van der Waals surface area (Å²) in [5.74, 6) is 0. The Balaban J connectivity index is 2.48. The first-order chi connectivity index (χ1) is 4.43. The van der Waals surface area contributed by atoms with Gasteiger partial charge in [0.05, 0.1) is 12.8 Å². The molecular formula is C3H4N5O. The van der Waals surface area contributed by atoms with Gasteiger partial charge < -0.3 is 5.21 Å². The Morgan fingerprint density at radius 3 is 3.22 bits per heavy atom. The van der Waals surface area contributed by atoms with Crippen molar-refractivity contribution in [2.24, 2.45) is 5.16 Å². The van der Waals surface area contributed by atoms with Crippen LogP contribution in [0.4, 0.5) is 0 Å². The molecule has 0 aliphatic carbocycles. The molecule has 0 atom stereocenters. The zero-order chi connectivity index (χ0) is 6.53. The lowest BCUT2D eigenvalue weighted by Gasteiger charge is -1.84. The fourth-order valence-electron chi connectivity index (χ4n) is 0.351. The van der Waals surface area contributed by atoms with Gasteiger partial charge in [0.25, 0.3) is 0 Å². The molecular weight excluding hydrogens is 122 g/mol. The minimum atomic E-state index is 0.337. The van der Waals surface area contributed by atoms with Crippen LogP contribution in [0.15, 0.2) is 5.16 Å². The Bertz CT molecular complexity index is 180. The molecule has 0 aliphatic heterocycles. The van der Waals surface area contributed by atoms with Gasteiger partial charge in [0.1, 0.15) is 0 Å². The maximum atomic E-state index is 7.94. The van der Waals surface area contributed by atoms with Crippen molar-refractivity contribution in [2.45, 2.75) is 6.54 Å². The van der Waals surface area contributed by atoms with E-state index in [1.54, 1.807) is 0 Å². The lowest BCUT2D eigenvalue weighted by molar-refractivity contribution is 0.319. The van der Waals surface area contributed by atoms with Crippen LogP contribution in [0.2, 0.25) is 0 Å². The quantitative estimate of drug-likeness (QED) is 0.311. The summed E-state index contributed by atoms with van der Waals surface area (Å²) >= 11 is 0. The molecule has 9 heavy (non-hydrogen) atoms. The van der Waals surface area contributed by atoms with E-state index in [1.807, 2.05) is 0 Å². The van der Waals surface area contributed by atoms with Crippen LogP contribution in [0, 0.1) is 6.33 Å². The maximum Gasteiger partial charge on any atom is 0.221 e. The van der Waals surface area contributed by atoms with Gasteiger partial charge in [-0.15, -0.1) is 10.3 Å². The molecule has 0 amide bonds. The van der Waals surface area contributed by atoms with Gasteiger partial charge in [-0.05, 0) is 10.4 Å². The van der Waals surface area contributed by atoms with Crippen LogP contribution < -0.4 is 0 Å². The van der Waals surface area contributed by atoms with E-state index in [0.717, 1.165) is 0 Å². The fraction of sp³-hybridized carbons (Fsp3) is 0.333. The number of aromatic nitrogens is 4. The van der Waals surface area contributed by atoms with E-state index >= 15 is 0 Å². The minimum Gasteiger partial charge on any atom is -0.411 e. The van der Waals surface area contributed by atoms with E-state index in [0.29, 0.717) is 6.54 Å². The summed E-state index contributed by atoms with van der Waals surface area (Å²) < 4.78 is 1.31. The van der Waals surface area contributed by atoms with Crippen molar-refractivity contribution in [1.29, 1.82) is 0 Å². The zero-order valence-electron chi connectivity index (χ0n) is 4.47. The minimum absolute atomic E-state index is 0.337. The van der Waals surface area contributed by atoms with Crippen molar-refractivity contribution in [3.63, 3.8) is 0 Å². The molecule has 0 aromatic carbocycles. The summed E-state index contributed by atoms with van der Waals surface area (Å²) in [5, 5.41) is 20.7. The van der Waals surface area contributed by atoms with Gasteiger partial charge in [-0.2, -0.15) is 0 Å². The summed E-state index contributed by atoms with van der Waals surface area (Å²) in [7, 11) is 0. The molecule has 1 N–H and O–H groups in total. The number of tetrazole rings is 1. The van der Waals surface area contributed by atoms with E-state index < -0.39 is 0 Å². The van der Waals surface area contributed by atoms with Gasteiger partial charge in [0, 0.05) is 0 Å². The smallest absolute Gasteiger partial charge is 0.221 e. The molecule has 0 fully saturated rings. The molecule has 0 saturated heterocycles. The first-order valence-corrected chi connectivity index (χ1v) is 2.23. The number of oxime groups is 1. The summed E-state index contributed by atoms with van der Waals surface area (Å²) in [4.78, 5) is 0. The van der Waals surface area contributed by atoms with Crippen molar-refractivity contribution in [3.05, 3.63) is 6.33 Å². The van der Waals surface area contributed by atoms with Crippen LogP contribution in [0.5, 0.6) is 0 Å². The lowest BCUT2D eigenvalue weighted by atomic mass is 10.7. The topological polar surface area (TPSA) is 76.2 Å². The Kier molecular flexibility index (Phi) is 1.73. The standard InChI is InChI=1S/C3H4N5O/c9-5-1-2-8-3-4-6-7-8/h1,9H,2H2. The highest BCUT2D eigenvalue weighted by molar-refractivity contribution is 5.55. The van der Waals surface area contributed by atoms with Crippen LogP contribution in [0.1, 0.15) is 0 Å². The lowest BCUT2D eigenvalue weighted by Crippen LogP contribution is -1.99.